The third kappa shape index (κ3) is 3.78. The Kier molecular flexibility index (Phi) is 3.55. The van der Waals surface area contributed by atoms with Gasteiger partial charge in [-0.05, 0) is 0 Å². The van der Waals surface area contributed by atoms with Crippen molar-refractivity contribution in [2.75, 3.05) is 6.61 Å². The largest absolute Gasteiger partial charge is 0.750 e. The van der Waals surface area contributed by atoms with E-state index in [4.69, 9.17) is 0 Å². The first-order chi connectivity index (χ1) is 6.18. The summed E-state index contributed by atoms with van der Waals surface area (Å²) in [6.07, 6.45) is 4.03. The molecule has 0 aliphatic heterocycles. The highest BCUT2D eigenvalue weighted by molar-refractivity contribution is 7.74. The molecule has 0 fully saturated rings. The quantitative estimate of drug-likeness (QED) is 0.564. The topological polar surface area (TPSA) is 93.5 Å². The number of nitrogens with zero attached hydrogens (tertiary/aromatic N) is 2. The van der Waals surface area contributed by atoms with Crippen molar-refractivity contribution >= 4 is 17.3 Å². The van der Waals surface area contributed by atoms with Crippen molar-refractivity contribution in [3.8, 4) is 0 Å². The lowest BCUT2D eigenvalue weighted by Gasteiger charge is -2.05. The fourth-order valence-corrected chi connectivity index (χ4v) is 0.733. The van der Waals surface area contributed by atoms with Crippen LogP contribution in [-0.4, -0.2) is 31.1 Å². The third-order valence-electron chi connectivity index (χ3n) is 0.960. The van der Waals surface area contributed by atoms with Crippen molar-refractivity contribution in [3.05, 3.63) is 18.7 Å². The van der Waals surface area contributed by atoms with E-state index in [-0.39, 0.29) is 0 Å². The molecule has 1 heterocycles. The fraction of sp³-hybridized carbons (Fsp3) is 0.200. The van der Waals surface area contributed by atoms with Crippen LogP contribution >= 0.6 is 0 Å². The molecule has 0 amide bonds. The summed E-state index contributed by atoms with van der Waals surface area (Å²) in [6, 6.07) is 0. The molecule has 8 heteroatoms. The minimum atomic E-state index is -2.71. The number of hydrogen-bond acceptors (Lipinski definition) is 6. The van der Waals surface area contributed by atoms with E-state index in [0.29, 0.717) is 0 Å². The molecule has 0 aromatic carbocycles. The molecule has 1 rings (SSSR count). The zero-order chi connectivity index (χ0) is 9.68. The zero-order valence-corrected chi connectivity index (χ0v) is 7.10. The van der Waals surface area contributed by atoms with Gasteiger partial charge in [0.25, 0.3) is 0 Å². The van der Waals surface area contributed by atoms with E-state index in [1.807, 2.05) is 0 Å². The van der Waals surface area contributed by atoms with E-state index in [2.05, 4.69) is 14.0 Å². The monoisotopic (exact) mass is 205 g/mol. The molecule has 0 saturated heterocycles. The number of carbonyl (C=O) groups excluding carboxylic acids is 1. The van der Waals surface area contributed by atoms with Gasteiger partial charge in [0, 0.05) is 6.20 Å². The second-order valence-electron chi connectivity index (χ2n) is 1.85. The van der Waals surface area contributed by atoms with Crippen LogP contribution in [0.4, 0.5) is 0 Å². The Morgan fingerprint density at radius 2 is 2.46 bits per heavy atom. The van der Waals surface area contributed by atoms with Crippen LogP contribution in [0.15, 0.2) is 18.7 Å². The normalized spacial score (nSPS) is 12.4. The number of carbonyl (C=O) groups is 1. The van der Waals surface area contributed by atoms with Crippen molar-refractivity contribution in [2.45, 2.75) is 0 Å². The minimum Gasteiger partial charge on any atom is -0.750 e. The molecule has 0 aliphatic rings. The predicted octanol–water partition coefficient (Wildman–Crippen LogP) is -1.35. The maximum Gasteiger partial charge on any atom is 0.359 e. The standard InChI is InChI=1S/C5H6N2O5S/c8-5(3-11-13(9)10)12-7-2-1-6-4-7/h1-2,4H,3H2,(H,9,10)/p-1. The van der Waals surface area contributed by atoms with Crippen LogP contribution in [-0.2, 0) is 20.3 Å². The van der Waals surface area contributed by atoms with Crippen molar-refractivity contribution < 1.29 is 22.6 Å². The molecule has 0 radical (unpaired) electrons. The Bertz CT molecular complexity index is 298. The van der Waals surface area contributed by atoms with Gasteiger partial charge < -0.3 is 9.39 Å². The third-order valence-corrected chi connectivity index (χ3v) is 1.27. The van der Waals surface area contributed by atoms with Crippen LogP contribution in [0.2, 0.25) is 0 Å². The van der Waals surface area contributed by atoms with Crippen LogP contribution in [0.5, 0.6) is 0 Å². The van der Waals surface area contributed by atoms with Crippen molar-refractivity contribution in [1.29, 1.82) is 0 Å². The molecule has 7 nitrogen and oxygen atoms in total. The number of rotatable bonds is 4. The lowest BCUT2D eigenvalue weighted by molar-refractivity contribution is -0.146. The summed E-state index contributed by atoms with van der Waals surface area (Å²) in [5.41, 5.74) is 0. The molecule has 72 valence electrons. The van der Waals surface area contributed by atoms with E-state index in [1.54, 1.807) is 0 Å². The second-order valence-corrected chi connectivity index (χ2v) is 2.50. The molecule has 0 N–H and O–H groups in total. The van der Waals surface area contributed by atoms with Crippen LogP contribution < -0.4 is 4.84 Å². The van der Waals surface area contributed by atoms with Crippen LogP contribution in [0.1, 0.15) is 0 Å². The molecule has 1 aromatic rings. The Balaban J connectivity index is 2.30. The SMILES string of the molecule is O=C(COS(=O)[O-])On1ccnc1. The lowest BCUT2D eigenvalue weighted by atomic mass is 10.8. The fourth-order valence-electron chi connectivity index (χ4n) is 0.541. The van der Waals surface area contributed by atoms with Gasteiger partial charge in [-0.15, -0.1) is 0 Å². The van der Waals surface area contributed by atoms with E-state index < -0.39 is 23.9 Å². The molecule has 0 spiro atoms. The molecule has 1 unspecified atom stereocenters. The molecular weight excluding hydrogens is 200 g/mol. The smallest absolute Gasteiger partial charge is 0.359 e. The first-order valence-electron chi connectivity index (χ1n) is 3.10. The number of imidazole rings is 1. The maximum absolute atomic E-state index is 10.7. The van der Waals surface area contributed by atoms with Gasteiger partial charge in [-0.3, -0.25) is 4.18 Å². The Hall–Kier alpha value is -1.25. The zero-order valence-electron chi connectivity index (χ0n) is 6.28. The molecule has 1 atom stereocenters. The van der Waals surface area contributed by atoms with Crippen LogP contribution in [0.3, 0.4) is 0 Å². The number of aromatic nitrogens is 2. The highest BCUT2D eigenvalue weighted by Gasteiger charge is 2.03. The van der Waals surface area contributed by atoms with Gasteiger partial charge in [0.15, 0.2) is 6.61 Å². The molecular formula is C5H5N2O5S-. The van der Waals surface area contributed by atoms with Crippen LogP contribution in [0, 0.1) is 0 Å². The number of hydrogen-bond donors (Lipinski definition) is 0. The second kappa shape index (κ2) is 4.70. The molecule has 0 saturated carbocycles. The maximum atomic E-state index is 10.7. The van der Waals surface area contributed by atoms with Gasteiger partial charge in [0.05, 0.1) is 17.6 Å². The highest BCUT2D eigenvalue weighted by atomic mass is 32.2. The first kappa shape index (κ1) is 9.84. The molecule has 0 aliphatic carbocycles. The summed E-state index contributed by atoms with van der Waals surface area (Å²) < 4.78 is 24.7. The van der Waals surface area contributed by atoms with Gasteiger partial charge >= 0.3 is 5.97 Å². The van der Waals surface area contributed by atoms with Gasteiger partial charge in [0.2, 0.25) is 0 Å². The van der Waals surface area contributed by atoms with E-state index in [9.17, 15) is 13.6 Å². The molecule has 0 bridgehead atoms. The Morgan fingerprint density at radius 3 is 3.00 bits per heavy atom. The van der Waals surface area contributed by atoms with Crippen LogP contribution in [0.25, 0.3) is 0 Å². The Labute approximate surface area is 75.7 Å². The molecule has 1 aromatic heterocycles. The average molecular weight is 205 g/mol. The van der Waals surface area contributed by atoms with Gasteiger partial charge in [0.1, 0.15) is 6.33 Å². The summed E-state index contributed by atoms with van der Waals surface area (Å²) in [6.45, 7) is -0.658. The summed E-state index contributed by atoms with van der Waals surface area (Å²) in [5, 5.41) is 0. The van der Waals surface area contributed by atoms with Gasteiger partial charge in [-0.1, -0.05) is 0 Å². The summed E-state index contributed by atoms with van der Waals surface area (Å²) in [5.74, 6) is -0.831. The Morgan fingerprint density at radius 1 is 1.69 bits per heavy atom. The minimum absolute atomic E-state index is 0.658. The van der Waals surface area contributed by atoms with E-state index >= 15 is 0 Å². The van der Waals surface area contributed by atoms with E-state index in [0.717, 1.165) is 4.73 Å². The first-order valence-corrected chi connectivity index (χ1v) is 4.10. The van der Waals surface area contributed by atoms with Gasteiger partial charge in [-0.2, -0.15) is 4.73 Å². The van der Waals surface area contributed by atoms with Gasteiger partial charge in [-0.25, -0.2) is 14.0 Å². The average Bonchev–Trinajstić information content (AvgIpc) is 2.53. The highest BCUT2D eigenvalue weighted by Crippen LogP contribution is 1.84. The van der Waals surface area contributed by atoms with Crippen molar-refractivity contribution in [2.24, 2.45) is 0 Å². The summed E-state index contributed by atoms with van der Waals surface area (Å²) >= 11 is -2.71. The molecule has 13 heavy (non-hydrogen) atoms. The summed E-state index contributed by atoms with van der Waals surface area (Å²) in [4.78, 5) is 18.9. The lowest BCUT2D eigenvalue weighted by Crippen LogP contribution is -2.23. The van der Waals surface area contributed by atoms with Crippen molar-refractivity contribution in [1.82, 2.24) is 9.71 Å². The predicted molar refractivity (Wildman–Crippen MR) is 38.7 cm³/mol. The van der Waals surface area contributed by atoms with Crippen molar-refractivity contribution in [3.63, 3.8) is 0 Å². The summed E-state index contributed by atoms with van der Waals surface area (Å²) in [7, 11) is 0. The van der Waals surface area contributed by atoms with E-state index in [1.165, 1.54) is 18.7 Å².